The molecule has 1 aromatic rings. The van der Waals surface area contributed by atoms with Gasteiger partial charge in [0.2, 0.25) is 0 Å². The van der Waals surface area contributed by atoms with Crippen LogP contribution in [-0.4, -0.2) is 35.8 Å². The molecule has 0 fully saturated rings. The number of fused-ring (bicyclic) bond motifs is 1. The second kappa shape index (κ2) is 8.34. The van der Waals surface area contributed by atoms with Gasteiger partial charge in [0.15, 0.2) is 0 Å². The second-order valence-electron chi connectivity index (χ2n) is 5.69. The first-order valence-corrected chi connectivity index (χ1v) is 8.60. The van der Waals surface area contributed by atoms with E-state index in [0.29, 0.717) is 25.4 Å². The van der Waals surface area contributed by atoms with E-state index >= 15 is 0 Å². The zero-order valence-corrected chi connectivity index (χ0v) is 13.5. The summed E-state index contributed by atoms with van der Waals surface area (Å²) in [6, 6.07) is -0.138. The molecular weight excluding hydrogens is 286 g/mol. The number of rotatable bonds is 7. The highest BCUT2D eigenvalue weighted by molar-refractivity contribution is 7.11. The maximum Gasteiger partial charge on any atom is 0.314 e. The topological polar surface area (TPSA) is 74.2 Å². The van der Waals surface area contributed by atoms with E-state index < -0.39 is 0 Å². The van der Waals surface area contributed by atoms with Gasteiger partial charge in [-0.25, -0.2) is 9.78 Å². The highest BCUT2D eigenvalue weighted by Crippen LogP contribution is 2.26. The van der Waals surface area contributed by atoms with Gasteiger partial charge in [-0.2, -0.15) is 0 Å². The van der Waals surface area contributed by atoms with Crippen molar-refractivity contribution in [2.24, 2.45) is 5.92 Å². The minimum absolute atomic E-state index is 0.138. The fourth-order valence-corrected chi connectivity index (χ4v) is 3.60. The Balaban J connectivity index is 1.64. The molecule has 1 aliphatic rings. The van der Waals surface area contributed by atoms with E-state index in [2.05, 4.69) is 15.6 Å². The summed E-state index contributed by atoms with van der Waals surface area (Å²) in [4.78, 5) is 17.7. The molecule has 2 rings (SSSR count). The van der Waals surface area contributed by atoms with Gasteiger partial charge in [0.05, 0.1) is 10.7 Å². The summed E-state index contributed by atoms with van der Waals surface area (Å²) in [6.45, 7) is 3.39. The molecule has 0 saturated carbocycles. The van der Waals surface area contributed by atoms with E-state index in [4.69, 9.17) is 5.11 Å². The first kappa shape index (κ1) is 16.2. The van der Waals surface area contributed by atoms with E-state index in [-0.39, 0.29) is 12.6 Å². The number of nitrogens with zero attached hydrogens (tertiary/aromatic N) is 1. The average Bonchev–Trinajstić information content (AvgIpc) is 2.88. The zero-order chi connectivity index (χ0) is 15.1. The number of thiazole rings is 1. The number of carbonyl (C=O) groups is 1. The molecule has 0 aliphatic heterocycles. The average molecular weight is 311 g/mol. The molecule has 3 N–H and O–H groups in total. The summed E-state index contributed by atoms with van der Waals surface area (Å²) in [5, 5.41) is 15.6. The first-order chi connectivity index (χ1) is 10.2. The molecule has 2 amide bonds. The lowest BCUT2D eigenvalue weighted by atomic mass is 10.0. The molecule has 1 aliphatic carbocycles. The lowest BCUT2D eigenvalue weighted by molar-refractivity contribution is 0.234. The summed E-state index contributed by atoms with van der Waals surface area (Å²) >= 11 is 1.80. The van der Waals surface area contributed by atoms with Crippen LogP contribution in [0.25, 0.3) is 0 Å². The Morgan fingerprint density at radius 3 is 2.95 bits per heavy atom. The van der Waals surface area contributed by atoms with Gasteiger partial charge in [0, 0.05) is 31.0 Å². The predicted octanol–water partition coefficient (Wildman–Crippen LogP) is 1.88. The Morgan fingerprint density at radius 1 is 1.38 bits per heavy atom. The number of aromatic nitrogens is 1. The molecule has 118 valence electrons. The SMILES string of the molecule is CC(CCO)CNC(=O)NCCc1nc2c(s1)CCCC2. The Bertz CT molecular complexity index is 438. The van der Waals surface area contributed by atoms with Crippen molar-refractivity contribution in [3.05, 3.63) is 15.6 Å². The Labute approximate surface area is 130 Å². The van der Waals surface area contributed by atoms with Crippen LogP contribution < -0.4 is 10.6 Å². The molecule has 0 spiro atoms. The number of amides is 2. The molecule has 1 unspecified atom stereocenters. The molecule has 0 saturated heterocycles. The quantitative estimate of drug-likeness (QED) is 0.720. The van der Waals surface area contributed by atoms with Gasteiger partial charge >= 0.3 is 6.03 Å². The normalized spacial score (nSPS) is 15.3. The number of aliphatic hydroxyl groups is 1. The van der Waals surface area contributed by atoms with Gasteiger partial charge < -0.3 is 15.7 Å². The van der Waals surface area contributed by atoms with Crippen LogP contribution in [0.3, 0.4) is 0 Å². The molecule has 1 heterocycles. The number of hydrogen-bond acceptors (Lipinski definition) is 4. The summed E-state index contributed by atoms with van der Waals surface area (Å²) in [5.41, 5.74) is 1.28. The van der Waals surface area contributed by atoms with Crippen LogP contribution in [-0.2, 0) is 19.3 Å². The summed E-state index contributed by atoms with van der Waals surface area (Å²) in [5.74, 6) is 0.298. The van der Waals surface area contributed by atoms with Crippen molar-refractivity contribution in [1.29, 1.82) is 0 Å². The minimum atomic E-state index is -0.138. The lowest BCUT2D eigenvalue weighted by Crippen LogP contribution is -2.38. The molecule has 0 radical (unpaired) electrons. The van der Waals surface area contributed by atoms with E-state index in [1.54, 1.807) is 11.3 Å². The van der Waals surface area contributed by atoms with Crippen molar-refractivity contribution >= 4 is 17.4 Å². The van der Waals surface area contributed by atoms with Crippen LogP contribution in [0.4, 0.5) is 4.79 Å². The third-order valence-electron chi connectivity index (χ3n) is 3.75. The number of hydrogen-bond donors (Lipinski definition) is 3. The number of aliphatic hydroxyl groups excluding tert-OH is 1. The van der Waals surface area contributed by atoms with Gasteiger partial charge in [0.25, 0.3) is 0 Å². The third-order valence-corrected chi connectivity index (χ3v) is 4.96. The monoisotopic (exact) mass is 311 g/mol. The van der Waals surface area contributed by atoms with Crippen molar-refractivity contribution in [2.45, 2.75) is 45.4 Å². The van der Waals surface area contributed by atoms with Crippen molar-refractivity contribution in [1.82, 2.24) is 15.6 Å². The fourth-order valence-electron chi connectivity index (χ4n) is 2.45. The maximum atomic E-state index is 11.6. The highest BCUT2D eigenvalue weighted by Gasteiger charge is 2.14. The highest BCUT2D eigenvalue weighted by atomic mass is 32.1. The Morgan fingerprint density at radius 2 is 2.19 bits per heavy atom. The van der Waals surface area contributed by atoms with Crippen molar-refractivity contribution < 1.29 is 9.90 Å². The molecule has 0 aromatic carbocycles. The number of urea groups is 1. The molecule has 0 bridgehead atoms. The van der Waals surface area contributed by atoms with Crippen LogP contribution in [0, 0.1) is 5.92 Å². The van der Waals surface area contributed by atoms with Crippen LogP contribution in [0.2, 0.25) is 0 Å². The lowest BCUT2D eigenvalue weighted by Gasteiger charge is -2.11. The summed E-state index contributed by atoms with van der Waals surface area (Å²) < 4.78 is 0. The van der Waals surface area contributed by atoms with Crippen LogP contribution in [0.1, 0.15) is 41.8 Å². The summed E-state index contributed by atoms with van der Waals surface area (Å²) in [7, 11) is 0. The van der Waals surface area contributed by atoms with Crippen LogP contribution in [0.15, 0.2) is 0 Å². The standard InChI is InChI=1S/C15H25N3O2S/c1-11(7-9-19)10-17-15(20)16-8-6-14-18-12-4-2-3-5-13(12)21-14/h11,19H,2-10H2,1H3,(H2,16,17,20). The van der Waals surface area contributed by atoms with Crippen molar-refractivity contribution in [3.63, 3.8) is 0 Å². The van der Waals surface area contributed by atoms with Gasteiger partial charge in [-0.05, 0) is 38.0 Å². The molecule has 6 heteroatoms. The van der Waals surface area contributed by atoms with Crippen molar-refractivity contribution in [3.8, 4) is 0 Å². The molecule has 5 nitrogen and oxygen atoms in total. The van der Waals surface area contributed by atoms with Crippen molar-refractivity contribution in [2.75, 3.05) is 19.7 Å². The van der Waals surface area contributed by atoms with Crippen LogP contribution >= 0.6 is 11.3 Å². The van der Waals surface area contributed by atoms with Gasteiger partial charge in [-0.15, -0.1) is 11.3 Å². The third kappa shape index (κ3) is 5.28. The number of aryl methyl sites for hydroxylation is 2. The van der Waals surface area contributed by atoms with Gasteiger partial charge in [-0.3, -0.25) is 0 Å². The van der Waals surface area contributed by atoms with Crippen LogP contribution in [0.5, 0.6) is 0 Å². The molecule has 1 atom stereocenters. The minimum Gasteiger partial charge on any atom is -0.396 e. The fraction of sp³-hybridized carbons (Fsp3) is 0.733. The largest absolute Gasteiger partial charge is 0.396 e. The molecule has 21 heavy (non-hydrogen) atoms. The Hall–Kier alpha value is -1.14. The van der Waals surface area contributed by atoms with E-state index in [1.165, 1.54) is 29.8 Å². The predicted molar refractivity (Wildman–Crippen MR) is 84.7 cm³/mol. The maximum absolute atomic E-state index is 11.6. The molecule has 1 aromatic heterocycles. The first-order valence-electron chi connectivity index (χ1n) is 7.79. The van der Waals surface area contributed by atoms with Gasteiger partial charge in [0.1, 0.15) is 0 Å². The second-order valence-corrected chi connectivity index (χ2v) is 6.86. The van der Waals surface area contributed by atoms with E-state index in [1.807, 2.05) is 6.92 Å². The molecular formula is C15H25N3O2S. The van der Waals surface area contributed by atoms with Gasteiger partial charge in [-0.1, -0.05) is 6.92 Å². The number of carbonyl (C=O) groups excluding carboxylic acids is 1. The van der Waals surface area contributed by atoms with E-state index in [0.717, 1.165) is 17.8 Å². The Kier molecular flexibility index (Phi) is 6.45. The number of nitrogens with one attached hydrogen (secondary N) is 2. The summed E-state index contributed by atoms with van der Waals surface area (Å²) in [6.07, 6.45) is 6.33. The zero-order valence-electron chi connectivity index (χ0n) is 12.7. The van der Waals surface area contributed by atoms with E-state index in [9.17, 15) is 4.79 Å². The smallest absolute Gasteiger partial charge is 0.314 e.